The highest BCUT2D eigenvalue weighted by Gasteiger charge is 2.18. The smallest absolute Gasteiger partial charge is 0.161 e. The fraction of sp³-hybridized carbons (Fsp3) is 0.538. The van der Waals surface area contributed by atoms with Gasteiger partial charge in [0.2, 0.25) is 0 Å². The Kier molecular flexibility index (Phi) is 6.25. The molecule has 0 radical (unpaired) electrons. The Hall–Kier alpha value is -0.970. The van der Waals surface area contributed by atoms with Gasteiger partial charge >= 0.3 is 0 Å². The number of ether oxygens (including phenoxy) is 2. The molecule has 1 heterocycles. The van der Waals surface area contributed by atoms with Crippen LogP contribution in [0, 0.1) is 0 Å². The second-order valence-electron chi connectivity index (χ2n) is 4.35. The molecule has 0 aromatic heterocycles. The molecule has 18 heavy (non-hydrogen) atoms. The van der Waals surface area contributed by atoms with E-state index in [2.05, 4.69) is 4.90 Å². The predicted octanol–water partition coefficient (Wildman–Crippen LogP) is 1.53. The Bertz CT molecular complexity index is 363. The molecule has 0 bridgehead atoms. The van der Waals surface area contributed by atoms with Crippen LogP contribution < -0.4 is 15.2 Å². The van der Waals surface area contributed by atoms with E-state index >= 15 is 0 Å². The van der Waals surface area contributed by atoms with E-state index in [1.807, 2.05) is 24.3 Å². The first-order valence-corrected chi connectivity index (χ1v) is 6.03. The van der Waals surface area contributed by atoms with Crippen molar-refractivity contribution in [2.75, 3.05) is 33.4 Å². The quantitative estimate of drug-likeness (QED) is 0.883. The first-order chi connectivity index (χ1) is 8.29. The Morgan fingerprint density at radius 2 is 2.06 bits per heavy atom. The lowest BCUT2D eigenvalue weighted by molar-refractivity contribution is 0.229. The molecule has 102 valence electrons. The van der Waals surface area contributed by atoms with Crippen LogP contribution in [0.5, 0.6) is 11.5 Å². The lowest BCUT2D eigenvalue weighted by atomic mass is 10.3. The van der Waals surface area contributed by atoms with Gasteiger partial charge in [0.1, 0.15) is 6.61 Å². The van der Waals surface area contributed by atoms with Crippen molar-refractivity contribution in [3.8, 4) is 11.5 Å². The number of rotatable bonds is 5. The van der Waals surface area contributed by atoms with E-state index < -0.39 is 0 Å². The fourth-order valence-electron chi connectivity index (χ4n) is 2.09. The van der Waals surface area contributed by atoms with Gasteiger partial charge in [-0.05, 0) is 25.1 Å². The van der Waals surface area contributed by atoms with Crippen LogP contribution in [-0.4, -0.2) is 44.3 Å². The van der Waals surface area contributed by atoms with Gasteiger partial charge in [-0.2, -0.15) is 0 Å². The van der Waals surface area contributed by atoms with Crippen molar-refractivity contribution in [1.82, 2.24) is 4.90 Å². The molecule has 5 heteroatoms. The van der Waals surface area contributed by atoms with E-state index in [4.69, 9.17) is 15.2 Å². The number of halogens is 1. The van der Waals surface area contributed by atoms with Crippen molar-refractivity contribution in [2.24, 2.45) is 5.73 Å². The number of nitrogens with zero attached hydrogens (tertiary/aromatic N) is 1. The number of benzene rings is 1. The molecule has 2 rings (SSSR count). The van der Waals surface area contributed by atoms with Crippen molar-refractivity contribution in [2.45, 2.75) is 12.5 Å². The zero-order valence-corrected chi connectivity index (χ0v) is 11.5. The lowest BCUT2D eigenvalue weighted by Crippen LogP contribution is -2.29. The molecular weight excluding hydrogens is 252 g/mol. The van der Waals surface area contributed by atoms with Crippen LogP contribution in [0.25, 0.3) is 0 Å². The van der Waals surface area contributed by atoms with Gasteiger partial charge in [-0.25, -0.2) is 0 Å². The molecule has 2 N–H and O–H groups in total. The topological polar surface area (TPSA) is 47.7 Å². The zero-order chi connectivity index (χ0) is 12.1. The summed E-state index contributed by atoms with van der Waals surface area (Å²) in [5, 5.41) is 0. The normalized spacial score (nSPS) is 19.3. The molecule has 1 aromatic carbocycles. The van der Waals surface area contributed by atoms with Crippen molar-refractivity contribution < 1.29 is 9.47 Å². The molecule has 1 fully saturated rings. The first kappa shape index (κ1) is 15.1. The highest BCUT2D eigenvalue weighted by Crippen LogP contribution is 2.25. The van der Waals surface area contributed by atoms with Gasteiger partial charge in [0.05, 0.1) is 7.11 Å². The zero-order valence-electron chi connectivity index (χ0n) is 10.7. The molecule has 0 amide bonds. The summed E-state index contributed by atoms with van der Waals surface area (Å²) >= 11 is 0. The van der Waals surface area contributed by atoms with Crippen LogP contribution in [0.4, 0.5) is 0 Å². The molecule has 0 unspecified atom stereocenters. The number of methoxy groups -OCH3 is 1. The maximum atomic E-state index is 5.85. The van der Waals surface area contributed by atoms with Crippen molar-refractivity contribution in [3.63, 3.8) is 0 Å². The average molecular weight is 273 g/mol. The summed E-state index contributed by atoms with van der Waals surface area (Å²) in [5.74, 6) is 1.59. The maximum absolute atomic E-state index is 5.85. The van der Waals surface area contributed by atoms with E-state index in [0.717, 1.165) is 37.6 Å². The summed E-state index contributed by atoms with van der Waals surface area (Å²) in [4.78, 5) is 2.33. The largest absolute Gasteiger partial charge is 0.493 e. The van der Waals surface area contributed by atoms with E-state index in [9.17, 15) is 0 Å². The summed E-state index contributed by atoms with van der Waals surface area (Å²) < 4.78 is 10.9. The van der Waals surface area contributed by atoms with Crippen LogP contribution in [0.15, 0.2) is 24.3 Å². The highest BCUT2D eigenvalue weighted by atomic mass is 35.5. The van der Waals surface area contributed by atoms with Gasteiger partial charge in [0.25, 0.3) is 0 Å². The monoisotopic (exact) mass is 272 g/mol. The number of hydrogen-bond acceptors (Lipinski definition) is 4. The Morgan fingerprint density at radius 1 is 1.33 bits per heavy atom. The molecule has 0 aliphatic carbocycles. The fourth-order valence-corrected chi connectivity index (χ4v) is 2.09. The molecule has 1 atom stereocenters. The van der Waals surface area contributed by atoms with Crippen LogP contribution in [0.3, 0.4) is 0 Å². The standard InChI is InChI=1S/C13H20N2O2.ClH/c1-16-12-4-2-3-5-13(12)17-9-8-15-7-6-11(14)10-15;/h2-5,11H,6-10,14H2,1H3;1H/t11-;/m1./s1. The maximum Gasteiger partial charge on any atom is 0.161 e. The molecule has 0 spiro atoms. The number of likely N-dealkylation sites (tertiary alicyclic amines) is 1. The second-order valence-corrected chi connectivity index (χ2v) is 4.35. The van der Waals surface area contributed by atoms with Gasteiger partial charge in [0, 0.05) is 19.1 Å². The van der Waals surface area contributed by atoms with Crippen molar-refractivity contribution >= 4 is 12.4 Å². The number of nitrogens with two attached hydrogens (primary N) is 1. The molecule has 1 aromatic rings. The molecule has 1 saturated heterocycles. The van der Waals surface area contributed by atoms with E-state index in [-0.39, 0.29) is 12.4 Å². The van der Waals surface area contributed by atoms with Crippen molar-refractivity contribution in [3.05, 3.63) is 24.3 Å². The SMILES string of the molecule is COc1ccccc1OCCN1CC[C@@H](N)C1.Cl. The van der Waals surface area contributed by atoms with Gasteiger partial charge in [0.15, 0.2) is 11.5 Å². The molecule has 0 saturated carbocycles. The molecule has 1 aliphatic rings. The average Bonchev–Trinajstić information content (AvgIpc) is 2.76. The summed E-state index contributed by atoms with van der Waals surface area (Å²) in [7, 11) is 1.65. The van der Waals surface area contributed by atoms with Crippen LogP contribution in [0.2, 0.25) is 0 Å². The highest BCUT2D eigenvalue weighted by molar-refractivity contribution is 5.85. The van der Waals surface area contributed by atoms with E-state index in [1.54, 1.807) is 7.11 Å². The summed E-state index contributed by atoms with van der Waals surface area (Å²) in [5.41, 5.74) is 5.85. The van der Waals surface area contributed by atoms with Gasteiger partial charge in [-0.1, -0.05) is 12.1 Å². The third-order valence-electron chi connectivity index (χ3n) is 3.04. The van der Waals surface area contributed by atoms with Crippen LogP contribution >= 0.6 is 12.4 Å². The minimum atomic E-state index is 0. The van der Waals surface area contributed by atoms with E-state index in [1.165, 1.54) is 0 Å². The van der Waals surface area contributed by atoms with E-state index in [0.29, 0.717) is 12.6 Å². The third-order valence-corrected chi connectivity index (χ3v) is 3.04. The molecule has 4 nitrogen and oxygen atoms in total. The lowest BCUT2D eigenvalue weighted by Gasteiger charge is -2.16. The minimum absolute atomic E-state index is 0. The van der Waals surface area contributed by atoms with Gasteiger partial charge in [-0.3, -0.25) is 4.90 Å². The van der Waals surface area contributed by atoms with Crippen LogP contribution in [-0.2, 0) is 0 Å². The number of hydrogen-bond donors (Lipinski definition) is 1. The van der Waals surface area contributed by atoms with Crippen LogP contribution in [0.1, 0.15) is 6.42 Å². The summed E-state index contributed by atoms with van der Waals surface area (Å²) in [6.45, 7) is 3.66. The van der Waals surface area contributed by atoms with Gasteiger partial charge in [-0.15, -0.1) is 12.4 Å². The summed E-state index contributed by atoms with van der Waals surface area (Å²) in [6, 6.07) is 8.05. The number of para-hydroxylation sites is 2. The molecule has 1 aliphatic heterocycles. The minimum Gasteiger partial charge on any atom is -0.493 e. The first-order valence-electron chi connectivity index (χ1n) is 6.03. The molecular formula is C13H21ClN2O2. The van der Waals surface area contributed by atoms with Gasteiger partial charge < -0.3 is 15.2 Å². The van der Waals surface area contributed by atoms with Crippen molar-refractivity contribution in [1.29, 1.82) is 0 Å². The second kappa shape index (κ2) is 7.46. The third kappa shape index (κ3) is 4.05. The Balaban J connectivity index is 0.00000162. The Morgan fingerprint density at radius 3 is 2.67 bits per heavy atom. The predicted molar refractivity (Wildman–Crippen MR) is 74.8 cm³/mol. The summed E-state index contributed by atoms with van der Waals surface area (Å²) in [6.07, 6.45) is 1.09. The Labute approximate surface area is 114 Å².